The van der Waals surface area contributed by atoms with Gasteiger partial charge in [0.1, 0.15) is 5.69 Å². The number of carbonyl (C=O) groups excluding carboxylic acids is 1. The van der Waals surface area contributed by atoms with Crippen molar-refractivity contribution in [3.63, 3.8) is 0 Å². The Morgan fingerprint density at radius 3 is 2.80 bits per heavy atom. The van der Waals surface area contributed by atoms with Crippen molar-refractivity contribution in [1.29, 1.82) is 0 Å². The Hall–Kier alpha value is -2.27. The van der Waals surface area contributed by atoms with Crippen molar-refractivity contribution in [3.8, 4) is 0 Å². The lowest BCUT2D eigenvalue weighted by Crippen LogP contribution is -2.35. The average Bonchev–Trinajstić information content (AvgIpc) is 3.02. The standard InChI is InChI=1S/C19H21ClN4O/c1-11(2)17-14(10-24(3)23-17)19(6-7-19)22-18(25)16-9-12-8-13(20)4-5-15(12)21-16/h4-5,8-11,21H,6-7H2,1-3H3,(H,22,25). The van der Waals surface area contributed by atoms with E-state index in [1.54, 1.807) is 0 Å². The van der Waals surface area contributed by atoms with Crippen LogP contribution in [0.1, 0.15) is 54.4 Å². The number of hydrogen-bond donors (Lipinski definition) is 2. The number of benzene rings is 1. The van der Waals surface area contributed by atoms with E-state index in [2.05, 4.69) is 29.2 Å². The van der Waals surface area contributed by atoms with Gasteiger partial charge in [-0.1, -0.05) is 25.4 Å². The molecule has 6 heteroatoms. The third-order valence-electron chi connectivity index (χ3n) is 4.85. The minimum absolute atomic E-state index is 0.0941. The van der Waals surface area contributed by atoms with Crippen LogP contribution >= 0.6 is 11.6 Å². The van der Waals surface area contributed by atoms with E-state index in [1.807, 2.05) is 42.2 Å². The van der Waals surface area contributed by atoms with Crippen molar-refractivity contribution in [2.75, 3.05) is 0 Å². The Morgan fingerprint density at radius 2 is 2.12 bits per heavy atom. The first-order valence-corrected chi connectivity index (χ1v) is 8.90. The first-order valence-electron chi connectivity index (χ1n) is 8.53. The molecular weight excluding hydrogens is 336 g/mol. The molecule has 0 radical (unpaired) electrons. The van der Waals surface area contributed by atoms with Crippen LogP contribution in [0.5, 0.6) is 0 Å². The number of rotatable bonds is 4. The number of aromatic nitrogens is 3. The predicted molar refractivity (Wildman–Crippen MR) is 99.0 cm³/mol. The molecule has 130 valence electrons. The highest BCUT2D eigenvalue weighted by Crippen LogP contribution is 2.48. The fourth-order valence-corrected chi connectivity index (χ4v) is 3.58. The summed E-state index contributed by atoms with van der Waals surface area (Å²) in [5.74, 6) is 0.226. The zero-order valence-electron chi connectivity index (χ0n) is 14.6. The summed E-state index contributed by atoms with van der Waals surface area (Å²) < 4.78 is 1.84. The van der Waals surface area contributed by atoms with Gasteiger partial charge in [0.2, 0.25) is 0 Å². The maximum atomic E-state index is 12.8. The van der Waals surface area contributed by atoms with Crippen LogP contribution in [0, 0.1) is 0 Å². The molecule has 25 heavy (non-hydrogen) atoms. The van der Waals surface area contributed by atoms with Crippen LogP contribution in [-0.2, 0) is 12.6 Å². The zero-order valence-corrected chi connectivity index (χ0v) is 15.3. The van der Waals surface area contributed by atoms with Crippen LogP contribution in [-0.4, -0.2) is 20.7 Å². The number of amides is 1. The molecule has 1 saturated carbocycles. The lowest BCUT2D eigenvalue weighted by Gasteiger charge is -2.18. The Kier molecular flexibility index (Phi) is 3.65. The summed E-state index contributed by atoms with van der Waals surface area (Å²) in [6, 6.07) is 7.41. The summed E-state index contributed by atoms with van der Waals surface area (Å²) in [5.41, 5.74) is 3.36. The average molecular weight is 357 g/mol. The number of aromatic amines is 1. The van der Waals surface area contributed by atoms with Crippen molar-refractivity contribution in [2.24, 2.45) is 7.05 Å². The van der Waals surface area contributed by atoms with Crippen LogP contribution in [0.4, 0.5) is 0 Å². The van der Waals surface area contributed by atoms with Crippen molar-refractivity contribution >= 4 is 28.4 Å². The number of hydrogen-bond acceptors (Lipinski definition) is 2. The Balaban J connectivity index is 1.63. The molecule has 2 heterocycles. The van der Waals surface area contributed by atoms with Gasteiger partial charge in [-0.25, -0.2) is 0 Å². The maximum absolute atomic E-state index is 12.8. The second-order valence-electron chi connectivity index (χ2n) is 7.21. The summed E-state index contributed by atoms with van der Waals surface area (Å²) >= 11 is 6.03. The molecule has 0 bridgehead atoms. The zero-order chi connectivity index (χ0) is 17.8. The highest BCUT2D eigenvalue weighted by atomic mass is 35.5. The minimum Gasteiger partial charge on any atom is -0.351 e. The van der Waals surface area contributed by atoms with Gasteiger partial charge in [0.05, 0.1) is 11.2 Å². The van der Waals surface area contributed by atoms with Crippen LogP contribution in [0.3, 0.4) is 0 Å². The molecule has 2 aromatic heterocycles. The van der Waals surface area contributed by atoms with E-state index in [9.17, 15) is 4.79 Å². The fraction of sp³-hybridized carbons (Fsp3) is 0.368. The van der Waals surface area contributed by atoms with Gasteiger partial charge in [0.25, 0.3) is 5.91 Å². The molecule has 1 fully saturated rings. The molecule has 0 atom stereocenters. The van der Waals surface area contributed by atoms with Crippen LogP contribution < -0.4 is 5.32 Å². The van der Waals surface area contributed by atoms with E-state index < -0.39 is 0 Å². The van der Waals surface area contributed by atoms with E-state index in [0.717, 1.165) is 35.0 Å². The molecule has 3 aromatic rings. The molecule has 1 aliphatic carbocycles. The minimum atomic E-state index is -0.292. The lowest BCUT2D eigenvalue weighted by atomic mass is 9.99. The number of carbonyl (C=O) groups is 1. The second-order valence-corrected chi connectivity index (χ2v) is 7.64. The Morgan fingerprint density at radius 1 is 1.36 bits per heavy atom. The topological polar surface area (TPSA) is 62.7 Å². The smallest absolute Gasteiger partial charge is 0.268 e. The third-order valence-corrected chi connectivity index (χ3v) is 5.09. The molecular formula is C19H21ClN4O. The van der Waals surface area contributed by atoms with E-state index in [4.69, 9.17) is 11.6 Å². The molecule has 0 spiro atoms. The van der Waals surface area contributed by atoms with Gasteiger partial charge in [-0.3, -0.25) is 9.48 Å². The number of aryl methyl sites for hydroxylation is 1. The van der Waals surface area contributed by atoms with Gasteiger partial charge in [-0.05, 0) is 43.0 Å². The monoisotopic (exact) mass is 356 g/mol. The van der Waals surface area contributed by atoms with Crippen LogP contribution in [0.2, 0.25) is 5.02 Å². The molecule has 0 saturated heterocycles. The molecule has 0 aliphatic heterocycles. The van der Waals surface area contributed by atoms with Gasteiger partial charge in [0, 0.05) is 34.7 Å². The van der Waals surface area contributed by atoms with Gasteiger partial charge in [-0.2, -0.15) is 5.10 Å². The van der Waals surface area contributed by atoms with E-state index in [0.29, 0.717) is 16.6 Å². The summed E-state index contributed by atoms with van der Waals surface area (Å²) in [5, 5.41) is 9.41. The van der Waals surface area contributed by atoms with Crippen molar-refractivity contribution < 1.29 is 4.79 Å². The molecule has 5 nitrogen and oxygen atoms in total. The first-order chi connectivity index (χ1) is 11.9. The van der Waals surface area contributed by atoms with E-state index in [1.165, 1.54) is 0 Å². The van der Waals surface area contributed by atoms with Gasteiger partial charge >= 0.3 is 0 Å². The molecule has 4 rings (SSSR count). The Bertz CT molecular complexity index is 965. The normalized spacial score (nSPS) is 15.7. The van der Waals surface area contributed by atoms with Crippen LogP contribution in [0.15, 0.2) is 30.5 Å². The van der Waals surface area contributed by atoms with Crippen molar-refractivity contribution in [1.82, 2.24) is 20.1 Å². The van der Waals surface area contributed by atoms with Crippen molar-refractivity contribution in [3.05, 3.63) is 52.4 Å². The number of fused-ring (bicyclic) bond motifs is 1. The summed E-state index contributed by atoms with van der Waals surface area (Å²) in [7, 11) is 1.93. The summed E-state index contributed by atoms with van der Waals surface area (Å²) in [4.78, 5) is 16.0. The SMILES string of the molecule is CC(C)c1nn(C)cc1C1(NC(=O)c2cc3cc(Cl)ccc3[nH]2)CC1. The highest BCUT2D eigenvalue weighted by Gasteiger charge is 2.48. The molecule has 1 aromatic carbocycles. The summed E-state index contributed by atoms with van der Waals surface area (Å²) in [6.07, 6.45) is 3.92. The second kappa shape index (κ2) is 5.63. The van der Waals surface area contributed by atoms with E-state index in [-0.39, 0.29) is 11.4 Å². The molecule has 1 amide bonds. The third kappa shape index (κ3) is 2.82. The lowest BCUT2D eigenvalue weighted by molar-refractivity contribution is 0.0926. The van der Waals surface area contributed by atoms with Crippen molar-refractivity contribution in [2.45, 2.75) is 38.1 Å². The quantitative estimate of drug-likeness (QED) is 0.739. The number of H-pyrrole nitrogens is 1. The number of halogens is 1. The molecule has 0 unspecified atom stereocenters. The number of nitrogens with zero attached hydrogens (tertiary/aromatic N) is 2. The molecule has 2 N–H and O–H groups in total. The van der Waals surface area contributed by atoms with Crippen LogP contribution in [0.25, 0.3) is 10.9 Å². The van der Waals surface area contributed by atoms with Gasteiger partial charge in [0.15, 0.2) is 0 Å². The fourth-order valence-electron chi connectivity index (χ4n) is 3.40. The highest BCUT2D eigenvalue weighted by molar-refractivity contribution is 6.31. The largest absolute Gasteiger partial charge is 0.351 e. The van der Waals surface area contributed by atoms with Gasteiger partial charge < -0.3 is 10.3 Å². The Labute approximate surface area is 151 Å². The van der Waals surface area contributed by atoms with E-state index >= 15 is 0 Å². The maximum Gasteiger partial charge on any atom is 0.268 e. The predicted octanol–water partition coefficient (Wildman–Crippen LogP) is 4.10. The number of nitrogens with one attached hydrogen (secondary N) is 2. The first kappa shape index (κ1) is 16.2. The summed E-state index contributed by atoms with van der Waals surface area (Å²) in [6.45, 7) is 4.26. The molecule has 1 aliphatic rings. The van der Waals surface area contributed by atoms with Gasteiger partial charge in [-0.15, -0.1) is 0 Å².